The molecule has 0 atom stereocenters. The van der Waals surface area contributed by atoms with Crippen LogP contribution in [0.4, 0.5) is 0 Å². The lowest BCUT2D eigenvalue weighted by molar-refractivity contribution is 0.397. The molecule has 0 amide bonds. The molecule has 0 aromatic carbocycles. The summed E-state index contributed by atoms with van der Waals surface area (Å²) in [7, 11) is 1.52. The lowest BCUT2D eigenvalue weighted by Gasteiger charge is -2.11. The van der Waals surface area contributed by atoms with Gasteiger partial charge in [-0.05, 0) is 11.5 Å². The minimum Gasteiger partial charge on any atom is -0.481 e. The Bertz CT molecular complexity index is 748. The van der Waals surface area contributed by atoms with Gasteiger partial charge in [0, 0.05) is 12.3 Å². The Kier molecular flexibility index (Phi) is 4.47. The molecule has 21 heavy (non-hydrogen) atoms. The number of hydrogen-bond acceptors (Lipinski definition) is 4. The molecule has 0 aliphatic rings. The summed E-state index contributed by atoms with van der Waals surface area (Å²) >= 11 is 5.95. The highest BCUT2D eigenvalue weighted by Gasteiger charge is 2.15. The summed E-state index contributed by atoms with van der Waals surface area (Å²) in [6.07, 6.45) is 1.56. The predicted molar refractivity (Wildman–Crippen MR) is 80.3 cm³/mol. The molecule has 0 spiro atoms. The number of methoxy groups -OCH3 is 1. The molecule has 0 saturated heterocycles. The molecule has 6 nitrogen and oxygen atoms in total. The van der Waals surface area contributed by atoms with Gasteiger partial charge in [-0.25, -0.2) is 9.78 Å². The minimum atomic E-state index is -0.537. The van der Waals surface area contributed by atoms with Gasteiger partial charge in [0.2, 0.25) is 5.88 Å². The van der Waals surface area contributed by atoms with E-state index in [0.29, 0.717) is 11.4 Å². The maximum atomic E-state index is 12.4. The van der Waals surface area contributed by atoms with Crippen molar-refractivity contribution in [1.82, 2.24) is 14.5 Å². The van der Waals surface area contributed by atoms with Crippen molar-refractivity contribution >= 4 is 11.6 Å². The Morgan fingerprint density at radius 2 is 2.10 bits per heavy atom. The van der Waals surface area contributed by atoms with Gasteiger partial charge < -0.3 is 4.74 Å². The van der Waals surface area contributed by atoms with Crippen molar-refractivity contribution in [3.8, 4) is 5.88 Å². The quantitative estimate of drug-likeness (QED) is 0.873. The second kappa shape index (κ2) is 6.13. The van der Waals surface area contributed by atoms with Crippen LogP contribution in [0.2, 0.25) is 5.15 Å². The summed E-state index contributed by atoms with van der Waals surface area (Å²) in [5.41, 5.74) is 0.206. The molecule has 7 heteroatoms. The average Bonchev–Trinajstić information content (AvgIpc) is 2.43. The van der Waals surface area contributed by atoms with Crippen LogP contribution in [0.1, 0.15) is 30.9 Å². The Labute approximate surface area is 126 Å². The van der Waals surface area contributed by atoms with Crippen LogP contribution in [0.25, 0.3) is 0 Å². The molecule has 2 aromatic rings. The molecule has 0 aliphatic carbocycles. The molecule has 0 radical (unpaired) electrons. The summed E-state index contributed by atoms with van der Waals surface area (Å²) < 4.78 is 6.08. The maximum Gasteiger partial charge on any atom is 0.329 e. The Balaban J connectivity index is 2.46. The first kappa shape index (κ1) is 15.3. The zero-order chi connectivity index (χ0) is 15.6. The number of aromatic nitrogens is 3. The molecule has 0 bridgehead atoms. The van der Waals surface area contributed by atoms with E-state index >= 15 is 0 Å². The molecule has 2 rings (SSSR count). The lowest BCUT2D eigenvalue weighted by Crippen LogP contribution is -2.38. The third-order valence-corrected chi connectivity index (χ3v) is 3.40. The van der Waals surface area contributed by atoms with E-state index in [4.69, 9.17) is 16.3 Å². The summed E-state index contributed by atoms with van der Waals surface area (Å²) in [6.45, 7) is 3.82. The lowest BCUT2D eigenvalue weighted by atomic mass is 10.1. The number of aromatic amines is 1. The van der Waals surface area contributed by atoms with E-state index in [1.807, 2.05) is 13.8 Å². The zero-order valence-corrected chi connectivity index (χ0v) is 12.8. The summed E-state index contributed by atoms with van der Waals surface area (Å²) in [5.74, 6) is 0.390. The van der Waals surface area contributed by atoms with E-state index in [1.165, 1.54) is 7.11 Å². The Morgan fingerprint density at radius 1 is 1.38 bits per heavy atom. The van der Waals surface area contributed by atoms with E-state index in [1.54, 1.807) is 18.3 Å². The fourth-order valence-electron chi connectivity index (χ4n) is 2.01. The van der Waals surface area contributed by atoms with Gasteiger partial charge >= 0.3 is 5.69 Å². The second-order valence-corrected chi connectivity index (χ2v) is 5.29. The number of rotatable bonds is 4. The van der Waals surface area contributed by atoms with Gasteiger partial charge in [-0.2, -0.15) is 0 Å². The molecule has 0 fully saturated rings. The van der Waals surface area contributed by atoms with Gasteiger partial charge in [-0.3, -0.25) is 14.3 Å². The Morgan fingerprint density at radius 3 is 2.62 bits per heavy atom. The monoisotopic (exact) mass is 309 g/mol. The number of ether oxygens (including phenoxy) is 1. The largest absolute Gasteiger partial charge is 0.481 e. The van der Waals surface area contributed by atoms with Crippen LogP contribution in [0.15, 0.2) is 27.9 Å². The van der Waals surface area contributed by atoms with Crippen LogP contribution < -0.4 is 16.0 Å². The van der Waals surface area contributed by atoms with Gasteiger partial charge in [0.15, 0.2) is 0 Å². The molecule has 0 saturated carbocycles. The number of halogens is 1. The van der Waals surface area contributed by atoms with Crippen LogP contribution >= 0.6 is 11.6 Å². The highest BCUT2D eigenvalue weighted by Crippen LogP contribution is 2.16. The highest BCUT2D eigenvalue weighted by molar-refractivity contribution is 6.30. The van der Waals surface area contributed by atoms with Crippen LogP contribution in [-0.4, -0.2) is 21.6 Å². The highest BCUT2D eigenvalue weighted by atomic mass is 35.5. The summed E-state index contributed by atoms with van der Waals surface area (Å²) in [6, 6.07) is 3.43. The first-order chi connectivity index (χ1) is 9.93. The van der Waals surface area contributed by atoms with Gasteiger partial charge in [0.1, 0.15) is 5.15 Å². The number of nitrogens with one attached hydrogen (secondary N) is 1. The summed E-state index contributed by atoms with van der Waals surface area (Å²) in [4.78, 5) is 30.9. The van der Waals surface area contributed by atoms with Gasteiger partial charge in [-0.1, -0.05) is 31.5 Å². The molecular weight excluding hydrogens is 294 g/mol. The standard InChI is InChI=1S/C14H16ClN3O3/c1-8(2)11-12(15)17-14(20)18(13(11)19)7-9-4-5-10(21-3)16-6-9/h4-6,8H,7H2,1-3H3,(H,17,20). The number of hydrogen-bond donors (Lipinski definition) is 1. The number of H-pyrrole nitrogens is 1. The number of pyridine rings is 1. The molecule has 2 heterocycles. The van der Waals surface area contributed by atoms with E-state index < -0.39 is 5.69 Å². The van der Waals surface area contributed by atoms with Gasteiger partial charge in [-0.15, -0.1) is 0 Å². The SMILES string of the molecule is COc1ccc(Cn2c(=O)[nH]c(Cl)c(C(C)C)c2=O)cn1. The fraction of sp³-hybridized carbons (Fsp3) is 0.357. The van der Waals surface area contributed by atoms with Crippen molar-refractivity contribution in [3.63, 3.8) is 0 Å². The normalized spacial score (nSPS) is 10.9. The first-order valence-corrected chi connectivity index (χ1v) is 6.83. The van der Waals surface area contributed by atoms with Crippen molar-refractivity contribution < 1.29 is 4.74 Å². The predicted octanol–water partition coefficient (Wildman–Crippen LogP) is 1.77. The van der Waals surface area contributed by atoms with Gasteiger partial charge in [0.25, 0.3) is 5.56 Å². The van der Waals surface area contributed by atoms with Crippen LogP contribution in [0, 0.1) is 0 Å². The van der Waals surface area contributed by atoms with Crippen molar-refractivity contribution in [2.24, 2.45) is 0 Å². The summed E-state index contributed by atoms with van der Waals surface area (Å²) in [5, 5.41) is 0.101. The molecule has 1 N–H and O–H groups in total. The zero-order valence-electron chi connectivity index (χ0n) is 12.0. The van der Waals surface area contributed by atoms with Gasteiger partial charge in [0.05, 0.1) is 19.2 Å². The topological polar surface area (TPSA) is 77.0 Å². The third-order valence-electron chi connectivity index (χ3n) is 3.10. The average molecular weight is 310 g/mol. The van der Waals surface area contributed by atoms with Crippen LogP contribution in [-0.2, 0) is 6.54 Å². The molecule has 0 unspecified atom stereocenters. The molecule has 112 valence electrons. The van der Waals surface area contributed by atoms with Crippen LogP contribution in [0.5, 0.6) is 5.88 Å². The maximum absolute atomic E-state index is 12.4. The molecular formula is C14H16ClN3O3. The van der Waals surface area contributed by atoms with E-state index in [0.717, 1.165) is 10.1 Å². The third kappa shape index (κ3) is 3.16. The first-order valence-electron chi connectivity index (χ1n) is 6.45. The van der Waals surface area contributed by atoms with Crippen molar-refractivity contribution in [1.29, 1.82) is 0 Å². The molecule has 0 aliphatic heterocycles. The van der Waals surface area contributed by atoms with Crippen molar-refractivity contribution in [2.75, 3.05) is 7.11 Å². The van der Waals surface area contributed by atoms with Crippen LogP contribution in [0.3, 0.4) is 0 Å². The van der Waals surface area contributed by atoms with Crippen molar-refractivity contribution in [2.45, 2.75) is 26.3 Å². The smallest absolute Gasteiger partial charge is 0.329 e. The van der Waals surface area contributed by atoms with Crippen molar-refractivity contribution in [3.05, 3.63) is 55.4 Å². The molecule has 2 aromatic heterocycles. The Hall–Kier alpha value is -2.08. The fourth-order valence-corrected chi connectivity index (χ4v) is 2.39. The number of nitrogens with zero attached hydrogens (tertiary/aromatic N) is 2. The minimum absolute atomic E-state index is 0.0814. The van der Waals surface area contributed by atoms with E-state index in [2.05, 4.69) is 9.97 Å². The second-order valence-electron chi connectivity index (χ2n) is 4.91. The van der Waals surface area contributed by atoms with E-state index in [-0.39, 0.29) is 23.2 Å². The van der Waals surface area contributed by atoms with E-state index in [9.17, 15) is 9.59 Å².